The SMILES string of the molecule is [2H]c1c([2H])c([2H])c(N(c2cc(C)c(C)c(C)c2)c2cccc3c2c2cccc4c5c(-c6ccccc6)c6c(c(-c7ccccc7)c5n3c24)c2cccc3c4c(N(c5cc(C)c(C)c(C)c5)c5c([2H])c([2H])c([2H])c([2H])c5[2H])cccc4n6c32)c([2H])c1[2H]. The number of hydrogen-bond donors (Lipinski definition) is 0. The number of nitrogens with zero attached hydrogens (tertiary/aromatic N) is 4. The van der Waals surface area contributed by atoms with E-state index in [1.54, 1.807) is 0 Å². The van der Waals surface area contributed by atoms with Gasteiger partial charge in [-0.15, -0.1) is 0 Å². The maximum Gasteiger partial charge on any atom is 0.0645 e. The molecule has 0 aliphatic heterocycles. The quantitative estimate of drug-likeness (QED) is 0.151. The highest BCUT2D eigenvalue weighted by Gasteiger charge is 2.32. The van der Waals surface area contributed by atoms with E-state index in [1.165, 1.54) is 0 Å². The second kappa shape index (κ2) is 16.6. The van der Waals surface area contributed by atoms with Crippen LogP contribution >= 0.6 is 0 Å². The monoisotopic (exact) mass is 984 g/mol. The predicted molar refractivity (Wildman–Crippen MR) is 324 cm³/mol. The standard InChI is InChI=1S/C72H54N4/c1-43-39-53(40-44(2)47(43)5)73(51-27-15-9-16-28-51)59-35-21-37-61-65(59)55-31-19-33-57-67-64(50-25-13-8-14-26-50)72-68(63(49-23-11-7-12-24-49)71(67)75(61)69(55)57)58-34-20-32-56-66-60(36-22-38-62(66)76(72)70(56)58)74(52-29-17-10-18-30-52)54-41-45(3)48(6)46(4)42-54/h7-42H,1-6H3/i9D,10D,15D,16D,17D,18D,27D,28D,29D,30D. The highest BCUT2D eigenvalue weighted by atomic mass is 15.2. The Kier molecular flexibility index (Phi) is 7.61. The molecule has 76 heavy (non-hydrogen) atoms. The average molecular weight is 985 g/mol. The number of anilines is 6. The third-order valence-corrected chi connectivity index (χ3v) is 16.4. The fourth-order valence-electron chi connectivity index (χ4n) is 12.7. The molecule has 0 atom stereocenters. The lowest BCUT2D eigenvalue weighted by molar-refractivity contribution is 1.22. The van der Waals surface area contributed by atoms with E-state index in [1.807, 2.05) is 98.2 Å². The molecule has 0 aliphatic rings. The molecule has 0 saturated carbocycles. The number of fused-ring (bicyclic) bond motifs is 12. The Balaban J connectivity index is 1.14. The summed E-state index contributed by atoms with van der Waals surface area (Å²) in [7, 11) is 0. The minimum Gasteiger partial charge on any atom is -0.310 e. The van der Waals surface area contributed by atoms with Crippen LogP contribution in [0.4, 0.5) is 34.1 Å². The Hall–Kier alpha value is -9.38. The van der Waals surface area contributed by atoms with Crippen molar-refractivity contribution in [1.82, 2.24) is 8.80 Å². The van der Waals surface area contributed by atoms with Crippen LogP contribution in [0.3, 0.4) is 0 Å². The van der Waals surface area contributed by atoms with Gasteiger partial charge in [0.2, 0.25) is 0 Å². The second-order valence-electron chi connectivity index (χ2n) is 20.4. The summed E-state index contributed by atoms with van der Waals surface area (Å²) >= 11 is 0. The molecular weight excluding hydrogens is 921 g/mol. The van der Waals surface area contributed by atoms with Crippen molar-refractivity contribution in [3.63, 3.8) is 0 Å². The van der Waals surface area contributed by atoms with Crippen LogP contribution in [-0.2, 0) is 0 Å². The molecule has 0 fully saturated rings. The summed E-state index contributed by atoms with van der Waals surface area (Å²) in [6.45, 7) is 12.3. The molecule has 15 aromatic rings. The van der Waals surface area contributed by atoms with Crippen LogP contribution in [0.1, 0.15) is 47.1 Å². The van der Waals surface area contributed by atoms with E-state index in [4.69, 9.17) is 8.22 Å². The second-order valence-corrected chi connectivity index (χ2v) is 20.4. The topological polar surface area (TPSA) is 15.3 Å². The molecule has 11 aromatic carbocycles. The van der Waals surface area contributed by atoms with Crippen LogP contribution in [0.15, 0.2) is 218 Å². The molecule has 0 bridgehead atoms. The minimum atomic E-state index is -0.459. The summed E-state index contributed by atoms with van der Waals surface area (Å²) in [6, 6.07) is 50.5. The molecule has 0 saturated heterocycles. The van der Waals surface area contributed by atoms with Crippen molar-refractivity contribution in [2.24, 2.45) is 0 Å². The fourth-order valence-corrected chi connectivity index (χ4v) is 12.7. The molecule has 0 spiro atoms. The fraction of sp³-hybridized carbons (Fsp3) is 0.0833. The van der Waals surface area contributed by atoms with Crippen LogP contribution in [0.25, 0.3) is 98.4 Å². The van der Waals surface area contributed by atoms with E-state index in [0.29, 0.717) is 22.7 Å². The Morgan fingerprint density at radius 2 is 0.671 bits per heavy atom. The average Bonchev–Trinajstić information content (AvgIpc) is 1.49. The predicted octanol–water partition coefficient (Wildman–Crippen LogP) is 20.1. The van der Waals surface area contributed by atoms with Gasteiger partial charge in [0.1, 0.15) is 0 Å². The van der Waals surface area contributed by atoms with Crippen molar-refractivity contribution >= 4 is 110 Å². The van der Waals surface area contributed by atoms with Gasteiger partial charge in [0.15, 0.2) is 0 Å². The van der Waals surface area contributed by atoms with E-state index in [9.17, 15) is 5.48 Å². The van der Waals surface area contributed by atoms with E-state index in [2.05, 4.69) is 120 Å². The van der Waals surface area contributed by atoms with Gasteiger partial charge in [0.25, 0.3) is 0 Å². The van der Waals surface area contributed by atoms with E-state index < -0.39 is 36.3 Å². The third kappa shape index (κ3) is 6.13. The van der Waals surface area contributed by atoms with Gasteiger partial charge in [-0.1, -0.05) is 145 Å². The molecular formula is C72H54N4. The summed E-state index contributed by atoms with van der Waals surface area (Å²) in [4.78, 5) is 3.73. The Bertz CT molecular complexity index is 5000. The number of aryl methyl sites for hydroxylation is 4. The lowest BCUT2D eigenvalue weighted by Crippen LogP contribution is -2.11. The van der Waals surface area contributed by atoms with Crippen LogP contribution in [-0.4, -0.2) is 8.80 Å². The lowest BCUT2D eigenvalue weighted by Gasteiger charge is -2.28. The Labute approximate surface area is 456 Å². The van der Waals surface area contributed by atoms with Crippen LogP contribution in [0, 0.1) is 41.5 Å². The molecule has 0 radical (unpaired) electrons. The number of rotatable bonds is 8. The minimum absolute atomic E-state index is 0.0562. The van der Waals surface area contributed by atoms with Gasteiger partial charge in [0, 0.05) is 77.0 Å². The van der Waals surface area contributed by atoms with Crippen LogP contribution in [0.2, 0.25) is 0 Å². The molecule has 0 unspecified atom stereocenters. The van der Waals surface area contributed by atoms with Crippen molar-refractivity contribution in [3.8, 4) is 22.3 Å². The molecule has 4 aromatic heterocycles. The molecule has 0 aliphatic carbocycles. The largest absolute Gasteiger partial charge is 0.310 e. The van der Waals surface area contributed by atoms with Gasteiger partial charge >= 0.3 is 0 Å². The summed E-state index contributed by atoms with van der Waals surface area (Å²) in [6.07, 6.45) is 0. The van der Waals surface area contributed by atoms with Gasteiger partial charge < -0.3 is 18.6 Å². The zero-order valence-electron chi connectivity index (χ0n) is 52.8. The van der Waals surface area contributed by atoms with Gasteiger partial charge in [-0.2, -0.15) is 0 Å². The number of para-hydroxylation sites is 4. The van der Waals surface area contributed by atoms with E-state index in [0.717, 1.165) is 132 Å². The maximum absolute atomic E-state index is 9.49. The third-order valence-electron chi connectivity index (χ3n) is 16.4. The molecule has 0 amide bonds. The van der Waals surface area contributed by atoms with Crippen molar-refractivity contribution < 1.29 is 13.7 Å². The van der Waals surface area contributed by atoms with E-state index >= 15 is 0 Å². The van der Waals surface area contributed by atoms with Crippen LogP contribution < -0.4 is 9.80 Å². The van der Waals surface area contributed by atoms with E-state index in [-0.39, 0.29) is 35.5 Å². The van der Waals surface area contributed by atoms with Crippen LogP contribution in [0.5, 0.6) is 0 Å². The zero-order chi connectivity index (χ0) is 59.8. The first-order chi connectivity index (χ1) is 41.4. The highest BCUT2D eigenvalue weighted by molar-refractivity contribution is 6.39. The van der Waals surface area contributed by atoms with Crippen molar-refractivity contribution in [2.45, 2.75) is 41.5 Å². The molecule has 362 valence electrons. The smallest absolute Gasteiger partial charge is 0.0645 e. The summed E-state index contributed by atoms with van der Waals surface area (Å²) in [5.74, 6) is 0. The molecule has 4 heterocycles. The van der Waals surface area contributed by atoms with Crippen molar-refractivity contribution in [3.05, 3.63) is 252 Å². The first-order valence-electron chi connectivity index (χ1n) is 30.8. The molecule has 0 N–H and O–H groups in total. The first-order valence-corrected chi connectivity index (χ1v) is 25.8. The van der Waals surface area contributed by atoms with Gasteiger partial charge in [-0.3, -0.25) is 0 Å². The Morgan fingerprint density at radius 1 is 0.329 bits per heavy atom. The zero-order valence-corrected chi connectivity index (χ0v) is 42.8. The van der Waals surface area contributed by atoms with Crippen molar-refractivity contribution in [2.75, 3.05) is 9.80 Å². The summed E-state index contributed by atoms with van der Waals surface area (Å²) in [5.41, 5.74) is 18.7. The number of benzene rings is 11. The summed E-state index contributed by atoms with van der Waals surface area (Å²) in [5, 5.41) is 7.61. The lowest BCUT2D eigenvalue weighted by atomic mass is 9.89. The number of aromatic nitrogens is 2. The molecule has 15 rings (SSSR count). The maximum atomic E-state index is 9.49. The van der Waals surface area contributed by atoms with Crippen molar-refractivity contribution in [1.29, 1.82) is 0 Å². The first kappa shape index (κ1) is 34.9. The molecule has 4 nitrogen and oxygen atoms in total. The number of hydrogen-bond acceptors (Lipinski definition) is 2. The van der Waals surface area contributed by atoms with Gasteiger partial charge in [0.05, 0.1) is 58.2 Å². The van der Waals surface area contributed by atoms with Gasteiger partial charge in [-0.05, 0) is 159 Å². The summed E-state index contributed by atoms with van der Waals surface area (Å²) < 4.78 is 95.8. The van der Waals surface area contributed by atoms with Gasteiger partial charge in [-0.25, -0.2) is 0 Å². The normalized spacial score (nSPS) is 13.9. The molecule has 4 heteroatoms. The Morgan fingerprint density at radius 3 is 1.04 bits per heavy atom. The highest BCUT2D eigenvalue weighted by Crippen LogP contribution is 2.56.